The highest BCUT2D eigenvalue weighted by molar-refractivity contribution is 5.67. The van der Waals surface area contributed by atoms with Crippen molar-refractivity contribution in [3.05, 3.63) is 0 Å². The van der Waals surface area contributed by atoms with Gasteiger partial charge in [0.1, 0.15) is 0 Å². The van der Waals surface area contributed by atoms with Gasteiger partial charge in [-0.2, -0.15) is 0 Å². The van der Waals surface area contributed by atoms with E-state index in [1.807, 2.05) is 18.7 Å². The van der Waals surface area contributed by atoms with Crippen molar-refractivity contribution in [3.8, 4) is 0 Å². The molecule has 1 heterocycles. The van der Waals surface area contributed by atoms with Crippen LogP contribution in [0.1, 0.15) is 34.1 Å². The molecule has 0 aromatic heterocycles. The summed E-state index contributed by atoms with van der Waals surface area (Å²) in [6, 6.07) is 0. The largest absolute Gasteiger partial charge is 0.447 e. The van der Waals surface area contributed by atoms with Gasteiger partial charge in [0.15, 0.2) is 0 Å². The third kappa shape index (κ3) is 5.39. The number of nitrogens with zero attached hydrogens (tertiary/aromatic N) is 2. The van der Waals surface area contributed by atoms with Gasteiger partial charge in [0, 0.05) is 26.2 Å². The molecule has 4 heteroatoms. The van der Waals surface area contributed by atoms with E-state index in [2.05, 4.69) is 18.7 Å². The third-order valence-electron chi connectivity index (χ3n) is 2.99. The van der Waals surface area contributed by atoms with Gasteiger partial charge in [-0.3, -0.25) is 4.90 Å². The first-order valence-corrected chi connectivity index (χ1v) is 6.67. The maximum atomic E-state index is 11.7. The van der Waals surface area contributed by atoms with Gasteiger partial charge in [0.05, 0.1) is 6.10 Å². The topological polar surface area (TPSA) is 32.8 Å². The molecule has 0 saturated carbocycles. The van der Waals surface area contributed by atoms with Gasteiger partial charge in [-0.15, -0.1) is 0 Å². The molecule has 17 heavy (non-hydrogen) atoms. The Morgan fingerprint density at radius 2 is 1.71 bits per heavy atom. The van der Waals surface area contributed by atoms with Crippen LogP contribution in [-0.2, 0) is 4.74 Å². The van der Waals surface area contributed by atoms with Crippen LogP contribution in [0.25, 0.3) is 0 Å². The Morgan fingerprint density at radius 3 is 2.18 bits per heavy atom. The summed E-state index contributed by atoms with van der Waals surface area (Å²) in [7, 11) is 0. The van der Waals surface area contributed by atoms with Gasteiger partial charge in [0.2, 0.25) is 0 Å². The molecule has 0 radical (unpaired) electrons. The van der Waals surface area contributed by atoms with E-state index in [0.29, 0.717) is 0 Å². The number of rotatable bonds is 4. The van der Waals surface area contributed by atoms with Crippen LogP contribution in [-0.4, -0.2) is 54.7 Å². The van der Waals surface area contributed by atoms with Crippen molar-refractivity contribution in [1.82, 2.24) is 9.80 Å². The molecule has 0 aromatic rings. The molecule has 0 unspecified atom stereocenters. The normalized spacial score (nSPS) is 17.9. The monoisotopic (exact) mass is 242 g/mol. The van der Waals surface area contributed by atoms with Crippen molar-refractivity contribution >= 4 is 6.09 Å². The minimum atomic E-state index is -0.163. The van der Waals surface area contributed by atoms with Crippen molar-refractivity contribution in [2.24, 2.45) is 5.92 Å². The summed E-state index contributed by atoms with van der Waals surface area (Å²) < 4.78 is 5.19. The van der Waals surface area contributed by atoms with Crippen LogP contribution in [0.3, 0.4) is 0 Å². The summed E-state index contributed by atoms with van der Waals surface area (Å²) in [6.07, 6.45) is 1.04. The molecule has 0 N–H and O–H groups in total. The second kappa shape index (κ2) is 6.84. The minimum Gasteiger partial charge on any atom is -0.447 e. The van der Waals surface area contributed by atoms with Crippen LogP contribution in [0.2, 0.25) is 0 Å². The van der Waals surface area contributed by atoms with Crippen molar-refractivity contribution in [3.63, 3.8) is 0 Å². The SMILES string of the molecule is CC(C)CCN1CCN(C(=O)OC(C)C)CC1. The first-order valence-electron chi connectivity index (χ1n) is 6.67. The summed E-state index contributed by atoms with van der Waals surface area (Å²) in [5.41, 5.74) is 0. The van der Waals surface area contributed by atoms with E-state index >= 15 is 0 Å². The average molecular weight is 242 g/mol. The van der Waals surface area contributed by atoms with Gasteiger partial charge >= 0.3 is 6.09 Å². The smallest absolute Gasteiger partial charge is 0.410 e. The Kier molecular flexibility index (Phi) is 5.75. The molecule has 0 bridgehead atoms. The molecule has 1 fully saturated rings. The number of hydrogen-bond donors (Lipinski definition) is 0. The van der Waals surface area contributed by atoms with Gasteiger partial charge in [0.25, 0.3) is 0 Å². The van der Waals surface area contributed by atoms with E-state index in [9.17, 15) is 4.79 Å². The molecule has 0 aliphatic carbocycles. The lowest BCUT2D eigenvalue weighted by Gasteiger charge is -2.34. The molecule has 4 nitrogen and oxygen atoms in total. The van der Waals surface area contributed by atoms with Crippen molar-refractivity contribution in [1.29, 1.82) is 0 Å². The van der Waals surface area contributed by atoms with E-state index in [-0.39, 0.29) is 12.2 Å². The summed E-state index contributed by atoms with van der Waals surface area (Å²) >= 11 is 0. The number of piperazine rings is 1. The molecule has 1 saturated heterocycles. The van der Waals surface area contributed by atoms with E-state index in [1.54, 1.807) is 0 Å². The fourth-order valence-electron chi connectivity index (χ4n) is 1.87. The second-order valence-corrected chi connectivity index (χ2v) is 5.44. The maximum Gasteiger partial charge on any atom is 0.410 e. The van der Waals surface area contributed by atoms with Crippen LogP contribution in [0.4, 0.5) is 4.79 Å². The van der Waals surface area contributed by atoms with Gasteiger partial charge in [-0.1, -0.05) is 13.8 Å². The highest BCUT2D eigenvalue weighted by Crippen LogP contribution is 2.08. The molecular formula is C13H26N2O2. The quantitative estimate of drug-likeness (QED) is 0.757. The van der Waals surface area contributed by atoms with Crippen LogP contribution in [0.15, 0.2) is 0 Å². The second-order valence-electron chi connectivity index (χ2n) is 5.44. The Hall–Kier alpha value is -0.770. The van der Waals surface area contributed by atoms with Crippen molar-refractivity contribution in [2.45, 2.75) is 40.2 Å². The average Bonchev–Trinajstić information content (AvgIpc) is 2.26. The van der Waals surface area contributed by atoms with Crippen LogP contribution in [0, 0.1) is 5.92 Å². The van der Waals surface area contributed by atoms with Gasteiger partial charge in [-0.25, -0.2) is 4.79 Å². The summed E-state index contributed by atoms with van der Waals surface area (Å²) in [5.74, 6) is 0.749. The highest BCUT2D eigenvalue weighted by Gasteiger charge is 2.22. The third-order valence-corrected chi connectivity index (χ3v) is 2.99. The molecule has 0 atom stereocenters. The number of hydrogen-bond acceptors (Lipinski definition) is 3. The summed E-state index contributed by atoms with van der Waals surface area (Å²) in [4.78, 5) is 15.9. The number of ether oxygens (including phenoxy) is 1. The van der Waals surface area contributed by atoms with Gasteiger partial charge < -0.3 is 9.64 Å². The molecule has 0 spiro atoms. The lowest BCUT2D eigenvalue weighted by atomic mass is 10.1. The van der Waals surface area contributed by atoms with Gasteiger partial charge in [-0.05, 0) is 32.7 Å². The number of carbonyl (C=O) groups is 1. The lowest BCUT2D eigenvalue weighted by Crippen LogP contribution is -2.49. The molecule has 0 aromatic carbocycles. The van der Waals surface area contributed by atoms with Crippen molar-refractivity contribution < 1.29 is 9.53 Å². The van der Waals surface area contributed by atoms with Crippen molar-refractivity contribution in [2.75, 3.05) is 32.7 Å². The number of amides is 1. The minimum absolute atomic E-state index is 0.0264. The summed E-state index contributed by atoms with van der Waals surface area (Å²) in [6.45, 7) is 12.9. The maximum absolute atomic E-state index is 11.7. The van der Waals surface area contributed by atoms with E-state index in [4.69, 9.17) is 4.74 Å². The molecule has 1 amide bonds. The predicted molar refractivity (Wildman–Crippen MR) is 69.1 cm³/mol. The van der Waals surface area contributed by atoms with Crippen LogP contribution in [0.5, 0.6) is 0 Å². The lowest BCUT2D eigenvalue weighted by molar-refractivity contribution is 0.0564. The fourth-order valence-corrected chi connectivity index (χ4v) is 1.87. The Morgan fingerprint density at radius 1 is 1.12 bits per heavy atom. The van der Waals surface area contributed by atoms with Crippen LogP contribution >= 0.6 is 0 Å². The summed E-state index contributed by atoms with van der Waals surface area (Å²) in [5, 5.41) is 0. The molecule has 1 aliphatic heterocycles. The fraction of sp³-hybridized carbons (Fsp3) is 0.923. The molecular weight excluding hydrogens is 216 g/mol. The predicted octanol–water partition coefficient (Wildman–Crippen LogP) is 2.20. The zero-order valence-corrected chi connectivity index (χ0v) is 11.6. The zero-order valence-electron chi connectivity index (χ0n) is 11.6. The van der Waals surface area contributed by atoms with Crippen LogP contribution < -0.4 is 0 Å². The standard InChI is InChI=1S/C13H26N2O2/c1-11(2)5-6-14-7-9-15(10-8-14)13(16)17-12(3)4/h11-12H,5-10H2,1-4H3. The first kappa shape index (κ1) is 14.3. The Balaban J connectivity index is 2.23. The molecule has 1 aliphatic rings. The molecule has 1 rings (SSSR count). The first-order chi connectivity index (χ1) is 7.99. The van der Waals surface area contributed by atoms with E-state index < -0.39 is 0 Å². The molecule has 100 valence electrons. The Bertz CT molecular complexity index is 234. The number of carbonyl (C=O) groups excluding carboxylic acids is 1. The van der Waals surface area contributed by atoms with E-state index in [0.717, 1.165) is 38.6 Å². The Labute approximate surface area is 105 Å². The zero-order chi connectivity index (χ0) is 12.8. The van der Waals surface area contributed by atoms with E-state index in [1.165, 1.54) is 6.42 Å². The highest BCUT2D eigenvalue weighted by atomic mass is 16.6.